The molecule has 0 aliphatic heterocycles. The molecular formula is C16H23NO5. The molecule has 1 aromatic rings. The monoisotopic (exact) mass is 309 g/mol. The Labute approximate surface area is 130 Å². The fourth-order valence-corrected chi connectivity index (χ4v) is 2.18. The van der Waals surface area contributed by atoms with E-state index < -0.39 is 17.4 Å². The van der Waals surface area contributed by atoms with E-state index in [0.29, 0.717) is 12.2 Å². The van der Waals surface area contributed by atoms with Crippen molar-refractivity contribution in [3.63, 3.8) is 0 Å². The van der Waals surface area contributed by atoms with Crippen LogP contribution >= 0.6 is 0 Å². The molecule has 0 N–H and O–H groups in total. The summed E-state index contributed by atoms with van der Waals surface area (Å²) in [5.41, 5.74) is -0.165. The molecule has 0 saturated heterocycles. The maximum absolute atomic E-state index is 12.3. The van der Waals surface area contributed by atoms with Gasteiger partial charge in [-0.25, -0.2) is 9.59 Å². The van der Waals surface area contributed by atoms with Gasteiger partial charge in [-0.15, -0.1) is 0 Å². The standard InChI is InChI=1S/C16H23NO5/c1-5-8-9-17-11(4)10-12(18)13(15(19)21-6-2)14(17)16(20)22-7-3/h10H,5-9H2,1-4H3. The van der Waals surface area contributed by atoms with Gasteiger partial charge in [-0.3, -0.25) is 4.79 Å². The van der Waals surface area contributed by atoms with Crippen LogP contribution in [-0.4, -0.2) is 29.7 Å². The highest BCUT2D eigenvalue weighted by Gasteiger charge is 2.27. The molecule has 0 atom stereocenters. The average Bonchev–Trinajstić information content (AvgIpc) is 2.45. The first-order chi connectivity index (χ1) is 10.5. The van der Waals surface area contributed by atoms with Gasteiger partial charge in [0.2, 0.25) is 0 Å². The minimum atomic E-state index is -0.791. The molecule has 0 saturated carbocycles. The van der Waals surface area contributed by atoms with E-state index in [4.69, 9.17) is 9.47 Å². The van der Waals surface area contributed by atoms with Gasteiger partial charge in [-0.2, -0.15) is 0 Å². The average molecular weight is 309 g/mol. The summed E-state index contributed by atoms with van der Waals surface area (Å²) in [5.74, 6) is -1.47. The van der Waals surface area contributed by atoms with Gasteiger partial charge in [-0.1, -0.05) is 13.3 Å². The summed E-state index contributed by atoms with van der Waals surface area (Å²) in [6, 6.07) is 1.35. The van der Waals surface area contributed by atoms with Crippen LogP contribution in [-0.2, 0) is 16.0 Å². The zero-order valence-electron chi connectivity index (χ0n) is 13.6. The summed E-state index contributed by atoms with van der Waals surface area (Å²) >= 11 is 0. The van der Waals surface area contributed by atoms with Crippen molar-refractivity contribution in [1.29, 1.82) is 0 Å². The van der Waals surface area contributed by atoms with Crippen molar-refractivity contribution in [2.75, 3.05) is 13.2 Å². The number of esters is 2. The van der Waals surface area contributed by atoms with E-state index in [0.717, 1.165) is 12.8 Å². The molecule has 0 spiro atoms. The molecule has 0 aliphatic carbocycles. The number of hydrogen-bond donors (Lipinski definition) is 0. The summed E-state index contributed by atoms with van der Waals surface area (Å²) in [6.07, 6.45) is 1.74. The Morgan fingerprint density at radius 2 is 1.68 bits per heavy atom. The molecule has 22 heavy (non-hydrogen) atoms. The van der Waals surface area contributed by atoms with Crippen LogP contribution in [0.25, 0.3) is 0 Å². The minimum Gasteiger partial charge on any atom is -0.462 e. The maximum atomic E-state index is 12.3. The number of ether oxygens (including phenoxy) is 2. The molecule has 0 amide bonds. The minimum absolute atomic E-state index is 0.0150. The second kappa shape index (κ2) is 8.36. The van der Waals surface area contributed by atoms with Crippen molar-refractivity contribution >= 4 is 11.9 Å². The topological polar surface area (TPSA) is 74.6 Å². The van der Waals surface area contributed by atoms with Gasteiger partial charge in [0.25, 0.3) is 0 Å². The van der Waals surface area contributed by atoms with E-state index in [1.54, 1.807) is 25.3 Å². The van der Waals surface area contributed by atoms with Crippen LogP contribution in [0.3, 0.4) is 0 Å². The first-order valence-electron chi connectivity index (χ1n) is 7.56. The van der Waals surface area contributed by atoms with E-state index in [1.807, 2.05) is 6.92 Å². The summed E-state index contributed by atoms with van der Waals surface area (Å²) < 4.78 is 11.6. The zero-order chi connectivity index (χ0) is 16.7. The second-order valence-corrected chi connectivity index (χ2v) is 4.82. The summed E-state index contributed by atoms with van der Waals surface area (Å²) in [6.45, 7) is 7.89. The van der Waals surface area contributed by atoms with Crippen LogP contribution in [0.1, 0.15) is 60.2 Å². The normalized spacial score (nSPS) is 10.4. The van der Waals surface area contributed by atoms with Crippen molar-refractivity contribution in [2.24, 2.45) is 0 Å². The van der Waals surface area contributed by atoms with Gasteiger partial charge in [-0.05, 0) is 27.2 Å². The summed E-state index contributed by atoms with van der Waals surface area (Å²) in [5, 5.41) is 0. The summed E-state index contributed by atoms with van der Waals surface area (Å²) in [4.78, 5) is 36.6. The predicted octanol–water partition coefficient (Wildman–Crippen LogP) is 2.31. The number of carbonyl (C=O) groups is 2. The molecule has 0 unspecified atom stereocenters. The Hall–Kier alpha value is -2.11. The lowest BCUT2D eigenvalue weighted by Crippen LogP contribution is -2.29. The van der Waals surface area contributed by atoms with Gasteiger partial charge < -0.3 is 14.0 Å². The highest BCUT2D eigenvalue weighted by atomic mass is 16.5. The van der Waals surface area contributed by atoms with Gasteiger partial charge in [0.15, 0.2) is 5.43 Å². The van der Waals surface area contributed by atoms with E-state index in [1.165, 1.54) is 6.07 Å². The van der Waals surface area contributed by atoms with Crippen LogP contribution in [0.4, 0.5) is 0 Å². The number of carbonyl (C=O) groups excluding carboxylic acids is 2. The molecule has 0 radical (unpaired) electrons. The number of pyridine rings is 1. The third-order valence-electron chi connectivity index (χ3n) is 3.20. The number of unbranched alkanes of at least 4 members (excludes halogenated alkanes) is 1. The molecular weight excluding hydrogens is 286 g/mol. The lowest BCUT2D eigenvalue weighted by Gasteiger charge is -2.18. The molecule has 0 aromatic carbocycles. The number of rotatable bonds is 7. The maximum Gasteiger partial charge on any atom is 0.356 e. The fourth-order valence-electron chi connectivity index (χ4n) is 2.18. The van der Waals surface area contributed by atoms with Gasteiger partial charge in [0.05, 0.1) is 13.2 Å². The Bertz CT molecular complexity index is 603. The summed E-state index contributed by atoms with van der Waals surface area (Å²) in [7, 11) is 0. The van der Waals surface area contributed by atoms with Gasteiger partial charge >= 0.3 is 11.9 Å². The molecule has 0 bridgehead atoms. The Morgan fingerprint density at radius 1 is 1.09 bits per heavy atom. The molecule has 1 heterocycles. The van der Waals surface area contributed by atoms with Crippen molar-refractivity contribution in [2.45, 2.75) is 47.1 Å². The van der Waals surface area contributed by atoms with Crippen molar-refractivity contribution in [1.82, 2.24) is 4.57 Å². The van der Waals surface area contributed by atoms with E-state index in [9.17, 15) is 14.4 Å². The number of nitrogens with zero attached hydrogens (tertiary/aromatic N) is 1. The smallest absolute Gasteiger partial charge is 0.356 e. The van der Waals surface area contributed by atoms with Crippen LogP contribution < -0.4 is 5.43 Å². The van der Waals surface area contributed by atoms with Crippen LogP contribution in [0, 0.1) is 6.92 Å². The molecule has 6 heteroatoms. The lowest BCUT2D eigenvalue weighted by molar-refractivity contribution is 0.0465. The third kappa shape index (κ3) is 3.96. The van der Waals surface area contributed by atoms with E-state index in [-0.39, 0.29) is 24.5 Å². The van der Waals surface area contributed by atoms with Crippen molar-refractivity contribution in [3.05, 3.63) is 33.2 Å². The Kier molecular flexibility index (Phi) is 6.82. The quantitative estimate of drug-likeness (QED) is 0.723. The van der Waals surface area contributed by atoms with E-state index >= 15 is 0 Å². The molecule has 0 fully saturated rings. The Morgan fingerprint density at radius 3 is 2.23 bits per heavy atom. The largest absolute Gasteiger partial charge is 0.462 e. The molecule has 6 nitrogen and oxygen atoms in total. The zero-order valence-corrected chi connectivity index (χ0v) is 13.6. The fraction of sp³-hybridized carbons (Fsp3) is 0.562. The molecule has 1 rings (SSSR count). The lowest BCUT2D eigenvalue weighted by atomic mass is 10.1. The van der Waals surface area contributed by atoms with Gasteiger partial charge in [0, 0.05) is 18.3 Å². The van der Waals surface area contributed by atoms with Crippen LogP contribution in [0.2, 0.25) is 0 Å². The van der Waals surface area contributed by atoms with Crippen LogP contribution in [0.15, 0.2) is 10.9 Å². The number of aromatic nitrogens is 1. The highest BCUT2D eigenvalue weighted by molar-refractivity contribution is 6.02. The highest BCUT2D eigenvalue weighted by Crippen LogP contribution is 2.13. The van der Waals surface area contributed by atoms with E-state index in [2.05, 4.69) is 0 Å². The van der Waals surface area contributed by atoms with Gasteiger partial charge in [0.1, 0.15) is 11.3 Å². The molecule has 1 aromatic heterocycles. The first-order valence-corrected chi connectivity index (χ1v) is 7.56. The number of aryl methyl sites for hydroxylation is 1. The SMILES string of the molecule is CCCCn1c(C)cc(=O)c(C(=O)OCC)c1C(=O)OCC. The number of hydrogen-bond acceptors (Lipinski definition) is 5. The second-order valence-electron chi connectivity index (χ2n) is 4.82. The predicted molar refractivity (Wildman–Crippen MR) is 82.3 cm³/mol. The van der Waals surface area contributed by atoms with Crippen molar-refractivity contribution < 1.29 is 19.1 Å². The Balaban J connectivity index is 3.55. The van der Waals surface area contributed by atoms with Crippen LogP contribution in [0.5, 0.6) is 0 Å². The molecule has 122 valence electrons. The molecule has 0 aliphatic rings. The van der Waals surface area contributed by atoms with Crippen molar-refractivity contribution in [3.8, 4) is 0 Å². The third-order valence-corrected chi connectivity index (χ3v) is 3.20. The first kappa shape index (κ1) is 17.9.